The smallest absolute Gasteiger partial charge is 0.119 e. The van der Waals surface area contributed by atoms with Crippen molar-refractivity contribution in [2.24, 2.45) is 0 Å². The van der Waals surface area contributed by atoms with E-state index in [1.54, 1.807) is 18.2 Å². The normalized spacial score (nSPS) is 13.1. The van der Waals surface area contributed by atoms with Crippen LogP contribution in [0.1, 0.15) is 36.5 Å². The number of rotatable bonds is 7. The summed E-state index contributed by atoms with van der Waals surface area (Å²) in [5, 5.41) is 19.8. The monoisotopic (exact) mass is 244 g/mol. The molecular weight excluding hydrogens is 224 g/mol. The molecule has 0 heterocycles. The third-order valence-electron chi connectivity index (χ3n) is 2.69. The van der Waals surface area contributed by atoms with E-state index in [-0.39, 0.29) is 5.76 Å². The van der Waals surface area contributed by atoms with Gasteiger partial charge in [-0.25, -0.2) is 0 Å². The lowest BCUT2D eigenvalue weighted by molar-refractivity contribution is 0.168. The molecule has 1 rings (SSSR count). The van der Waals surface area contributed by atoms with Crippen molar-refractivity contribution in [3.63, 3.8) is 0 Å². The maximum atomic E-state index is 9.97. The highest BCUT2D eigenvalue weighted by molar-refractivity contribution is 5.59. The largest absolute Gasteiger partial charge is 0.508 e. The quantitative estimate of drug-likeness (QED) is 0.558. The van der Waals surface area contributed by atoms with Crippen molar-refractivity contribution in [3.05, 3.63) is 66.8 Å². The van der Waals surface area contributed by atoms with Crippen LogP contribution in [0.25, 0.3) is 5.76 Å². The SMILES string of the molecule is C=CC/C=C(/O)c1cccc(C(O)CCC=C)c1. The lowest BCUT2D eigenvalue weighted by Gasteiger charge is -2.11. The Hall–Kier alpha value is -1.80. The van der Waals surface area contributed by atoms with E-state index in [2.05, 4.69) is 13.2 Å². The summed E-state index contributed by atoms with van der Waals surface area (Å²) in [5.41, 5.74) is 1.53. The molecule has 0 aliphatic heterocycles. The molecule has 0 aliphatic carbocycles. The molecule has 0 amide bonds. The minimum Gasteiger partial charge on any atom is -0.508 e. The minimum atomic E-state index is -0.518. The van der Waals surface area contributed by atoms with Crippen molar-refractivity contribution in [1.82, 2.24) is 0 Å². The van der Waals surface area contributed by atoms with Crippen LogP contribution in [0.4, 0.5) is 0 Å². The van der Waals surface area contributed by atoms with Crippen LogP contribution in [0.3, 0.4) is 0 Å². The molecule has 0 aliphatic rings. The van der Waals surface area contributed by atoms with Crippen molar-refractivity contribution < 1.29 is 10.2 Å². The van der Waals surface area contributed by atoms with Gasteiger partial charge in [-0.15, -0.1) is 13.2 Å². The third-order valence-corrected chi connectivity index (χ3v) is 2.69. The summed E-state index contributed by atoms with van der Waals surface area (Å²) < 4.78 is 0. The van der Waals surface area contributed by atoms with E-state index >= 15 is 0 Å². The zero-order chi connectivity index (χ0) is 13.4. The standard InChI is InChI=1S/C16H20O2/c1-3-5-10-15(17)13-8-7-9-14(12-13)16(18)11-6-4-2/h3-4,7-10,12,16-18H,1-2,5-6,11H2/b15-10+. The lowest BCUT2D eigenvalue weighted by Crippen LogP contribution is -1.97. The summed E-state index contributed by atoms with van der Waals surface area (Å²) in [6.07, 6.45) is 6.72. The number of aliphatic hydroxyl groups excluding tert-OH is 2. The van der Waals surface area contributed by atoms with Gasteiger partial charge in [0.1, 0.15) is 5.76 Å². The van der Waals surface area contributed by atoms with E-state index in [0.29, 0.717) is 18.4 Å². The molecule has 0 aromatic heterocycles. The molecule has 1 aromatic carbocycles. The van der Waals surface area contributed by atoms with Crippen LogP contribution < -0.4 is 0 Å². The maximum absolute atomic E-state index is 9.97. The summed E-state index contributed by atoms with van der Waals surface area (Å²) >= 11 is 0. The highest BCUT2D eigenvalue weighted by Gasteiger charge is 2.08. The number of aliphatic hydroxyl groups is 2. The Morgan fingerprint density at radius 2 is 2.06 bits per heavy atom. The van der Waals surface area contributed by atoms with Crippen LogP contribution in [0.2, 0.25) is 0 Å². The van der Waals surface area contributed by atoms with Crippen molar-refractivity contribution >= 4 is 5.76 Å². The van der Waals surface area contributed by atoms with Gasteiger partial charge in [-0.3, -0.25) is 0 Å². The van der Waals surface area contributed by atoms with Gasteiger partial charge in [0, 0.05) is 5.56 Å². The molecule has 0 saturated heterocycles. The predicted molar refractivity (Wildman–Crippen MR) is 76.3 cm³/mol. The molecule has 0 spiro atoms. The second-order valence-corrected chi connectivity index (χ2v) is 4.12. The predicted octanol–water partition coefficient (Wildman–Crippen LogP) is 4.16. The Kier molecular flexibility index (Phi) is 5.95. The van der Waals surface area contributed by atoms with Gasteiger partial charge in [-0.05, 0) is 37.0 Å². The highest BCUT2D eigenvalue weighted by atomic mass is 16.3. The van der Waals surface area contributed by atoms with Gasteiger partial charge in [0.05, 0.1) is 6.10 Å². The van der Waals surface area contributed by atoms with Crippen LogP contribution in [0.5, 0.6) is 0 Å². The molecule has 2 heteroatoms. The Labute approximate surface area is 109 Å². The first kappa shape index (κ1) is 14.3. The summed E-state index contributed by atoms with van der Waals surface area (Å²) in [5.74, 6) is 0.215. The number of hydrogen-bond donors (Lipinski definition) is 2. The average molecular weight is 244 g/mol. The Bertz CT molecular complexity index is 432. The zero-order valence-electron chi connectivity index (χ0n) is 10.5. The van der Waals surface area contributed by atoms with E-state index in [1.165, 1.54) is 0 Å². The molecular formula is C16H20O2. The van der Waals surface area contributed by atoms with E-state index < -0.39 is 6.10 Å². The Morgan fingerprint density at radius 3 is 2.72 bits per heavy atom. The van der Waals surface area contributed by atoms with Gasteiger partial charge >= 0.3 is 0 Å². The summed E-state index contributed by atoms with van der Waals surface area (Å²) in [6, 6.07) is 7.32. The van der Waals surface area contributed by atoms with Gasteiger partial charge in [0.15, 0.2) is 0 Å². The van der Waals surface area contributed by atoms with E-state index in [4.69, 9.17) is 0 Å². The first-order valence-electron chi connectivity index (χ1n) is 6.08. The molecule has 2 N–H and O–H groups in total. The first-order valence-corrected chi connectivity index (χ1v) is 6.08. The third kappa shape index (κ3) is 4.22. The lowest BCUT2D eigenvalue weighted by atomic mass is 10.0. The molecule has 1 aromatic rings. The summed E-state index contributed by atoms with van der Waals surface area (Å²) in [4.78, 5) is 0. The molecule has 96 valence electrons. The molecule has 1 unspecified atom stereocenters. The van der Waals surface area contributed by atoms with E-state index in [1.807, 2.05) is 24.3 Å². The first-order chi connectivity index (χ1) is 8.69. The van der Waals surface area contributed by atoms with Crippen molar-refractivity contribution in [3.8, 4) is 0 Å². The molecule has 0 saturated carbocycles. The number of allylic oxidation sites excluding steroid dienone is 3. The fourth-order valence-corrected chi connectivity index (χ4v) is 1.66. The minimum absolute atomic E-state index is 0.215. The second kappa shape index (κ2) is 7.51. The van der Waals surface area contributed by atoms with Crippen LogP contribution in [-0.2, 0) is 0 Å². The van der Waals surface area contributed by atoms with Crippen LogP contribution in [-0.4, -0.2) is 10.2 Å². The Morgan fingerprint density at radius 1 is 1.28 bits per heavy atom. The second-order valence-electron chi connectivity index (χ2n) is 4.12. The average Bonchev–Trinajstić information content (AvgIpc) is 2.42. The number of hydrogen-bond acceptors (Lipinski definition) is 2. The number of benzene rings is 1. The molecule has 0 bridgehead atoms. The summed E-state index contributed by atoms with van der Waals surface area (Å²) in [7, 11) is 0. The van der Waals surface area contributed by atoms with Gasteiger partial charge in [0.25, 0.3) is 0 Å². The van der Waals surface area contributed by atoms with Gasteiger partial charge in [-0.1, -0.05) is 30.4 Å². The van der Waals surface area contributed by atoms with Crippen LogP contribution in [0, 0.1) is 0 Å². The van der Waals surface area contributed by atoms with Crippen LogP contribution >= 0.6 is 0 Å². The molecule has 0 fully saturated rings. The Balaban J connectivity index is 2.84. The highest BCUT2D eigenvalue weighted by Crippen LogP contribution is 2.22. The topological polar surface area (TPSA) is 40.5 Å². The van der Waals surface area contributed by atoms with Crippen molar-refractivity contribution in [2.75, 3.05) is 0 Å². The van der Waals surface area contributed by atoms with E-state index in [9.17, 15) is 10.2 Å². The van der Waals surface area contributed by atoms with E-state index in [0.717, 1.165) is 12.0 Å². The zero-order valence-corrected chi connectivity index (χ0v) is 10.5. The molecule has 1 atom stereocenters. The molecule has 2 nitrogen and oxygen atoms in total. The van der Waals surface area contributed by atoms with Gasteiger partial charge in [0.2, 0.25) is 0 Å². The van der Waals surface area contributed by atoms with Crippen molar-refractivity contribution in [1.29, 1.82) is 0 Å². The molecule has 0 radical (unpaired) electrons. The summed E-state index contributed by atoms with van der Waals surface area (Å²) in [6.45, 7) is 7.24. The van der Waals surface area contributed by atoms with Crippen molar-refractivity contribution in [2.45, 2.75) is 25.4 Å². The maximum Gasteiger partial charge on any atom is 0.119 e. The fraction of sp³-hybridized carbons (Fsp3) is 0.250. The van der Waals surface area contributed by atoms with Gasteiger partial charge < -0.3 is 10.2 Å². The van der Waals surface area contributed by atoms with Crippen LogP contribution in [0.15, 0.2) is 55.7 Å². The fourth-order valence-electron chi connectivity index (χ4n) is 1.66. The molecule has 18 heavy (non-hydrogen) atoms. The van der Waals surface area contributed by atoms with Gasteiger partial charge in [-0.2, -0.15) is 0 Å².